The number of carbonyl (C=O) groups is 1. The fourth-order valence-electron chi connectivity index (χ4n) is 2.52. The lowest BCUT2D eigenvalue weighted by Gasteiger charge is -2.05. The zero-order valence-electron chi connectivity index (χ0n) is 14.3. The molecule has 0 fully saturated rings. The third-order valence-electron chi connectivity index (χ3n) is 3.84. The smallest absolute Gasteiger partial charge is 0.326 e. The number of hydrogen-bond donors (Lipinski definition) is 3. The van der Waals surface area contributed by atoms with Crippen molar-refractivity contribution in [1.29, 1.82) is 0 Å². The lowest BCUT2D eigenvalue weighted by Crippen LogP contribution is -2.27. The molecule has 1 amide bonds. The van der Waals surface area contributed by atoms with Crippen LogP contribution in [0.2, 0.25) is 0 Å². The van der Waals surface area contributed by atoms with Gasteiger partial charge in [-0.15, -0.1) is 10.2 Å². The molecule has 0 unspecified atom stereocenters. The normalized spacial score (nSPS) is 10.6. The first-order valence-electron chi connectivity index (χ1n) is 8.23. The zero-order chi connectivity index (χ0) is 19.5. The highest BCUT2D eigenvalue weighted by Crippen LogP contribution is 2.24. The summed E-state index contributed by atoms with van der Waals surface area (Å²) >= 11 is 0. The molecule has 0 aliphatic rings. The molecule has 2 aromatic heterocycles. The van der Waals surface area contributed by atoms with Crippen LogP contribution in [-0.4, -0.2) is 26.1 Å². The Bertz CT molecular complexity index is 1210. The molecule has 0 bridgehead atoms. The van der Waals surface area contributed by atoms with Gasteiger partial charge in [0.1, 0.15) is 5.69 Å². The van der Waals surface area contributed by atoms with Gasteiger partial charge in [-0.1, -0.05) is 18.2 Å². The largest absolute Gasteiger partial charge is 0.416 e. The van der Waals surface area contributed by atoms with Crippen LogP contribution in [0.15, 0.2) is 74.7 Å². The minimum absolute atomic E-state index is 0.137. The summed E-state index contributed by atoms with van der Waals surface area (Å²) in [5, 5.41) is 10.7. The first-order chi connectivity index (χ1) is 13.6. The van der Waals surface area contributed by atoms with Crippen molar-refractivity contribution in [3.05, 3.63) is 87.2 Å². The van der Waals surface area contributed by atoms with Crippen LogP contribution in [0.5, 0.6) is 0 Å². The molecule has 0 atom stereocenters. The molecule has 4 aromatic rings. The van der Waals surface area contributed by atoms with E-state index in [1.165, 1.54) is 0 Å². The van der Waals surface area contributed by atoms with Crippen molar-refractivity contribution >= 4 is 11.6 Å². The quantitative estimate of drug-likeness (QED) is 0.500. The van der Waals surface area contributed by atoms with Crippen molar-refractivity contribution in [3.63, 3.8) is 0 Å². The number of aromatic nitrogens is 4. The van der Waals surface area contributed by atoms with Crippen LogP contribution in [0.25, 0.3) is 22.9 Å². The van der Waals surface area contributed by atoms with Crippen LogP contribution in [0, 0.1) is 0 Å². The second-order valence-electron chi connectivity index (χ2n) is 5.81. The summed E-state index contributed by atoms with van der Waals surface area (Å²) in [5.74, 6) is 0.141. The molecule has 9 nitrogen and oxygen atoms in total. The van der Waals surface area contributed by atoms with Crippen LogP contribution in [-0.2, 0) is 0 Å². The fraction of sp³-hybridized carbons (Fsp3) is 0. The van der Waals surface area contributed by atoms with Crippen molar-refractivity contribution in [3.8, 4) is 22.9 Å². The number of nitrogens with zero attached hydrogens (tertiary/aromatic N) is 2. The number of carbonyl (C=O) groups excluding carboxylic acids is 1. The zero-order valence-corrected chi connectivity index (χ0v) is 14.3. The number of hydrogen-bond acceptors (Lipinski definition) is 6. The van der Waals surface area contributed by atoms with Gasteiger partial charge in [-0.25, -0.2) is 4.79 Å². The molecule has 0 radical (unpaired) electrons. The third kappa shape index (κ3) is 3.63. The van der Waals surface area contributed by atoms with Crippen LogP contribution in [0.4, 0.5) is 5.69 Å². The van der Waals surface area contributed by atoms with Crippen LogP contribution in [0.1, 0.15) is 10.5 Å². The Labute approximate surface area is 157 Å². The minimum atomic E-state index is -0.751. The minimum Gasteiger partial charge on any atom is -0.416 e. The molecule has 4 rings (SSSR count). The summed E-state index contributed by atoms with van der Waals surface area (Å²) < 4.78 is 5.68. The number of H-pyrrole nitrogens is 2. The van der Waals surface area contributed by atoms with Crippen molar-refractivity contribution in [1.82, 2.24) is 20.2 Å². The van der Waals surface area contributed by atoms with Gasteiger partial charge < -0.3 is 14.7 Å². The van der Waals surface area contributed by atoms with E-state index >= 15 is 0 Å². The second-order valence-corrected chi connectivity index (χ2v) is 5.81. The number of aromatic amines is 2. The van der Waals surface area contributed by atoms with Gasteiger partial charge in [0.05, 0.1) is 0 Å². The first-order valence-corrected chi connectivity index (χ1v) is 8.23. The molecule has 2 aromatic carbocycles. The molecule has 0 aliphatic heterocycles. The Morgan fingerprint density at radius 2 is 1.50 bits per heavy atom. The SMILES string of the molecule is O=C(Nc1ccc(-c2nnc(-c3ccccc3)o2)cc1)c1cc(=O)[nH]c(=O)[nH]1. The van der Waals surface area contributed by atoms with E-state index < -0.39 is 17.2 Å². The third-order valence-corrected chi connectivity index (χ3v) is 3.84. The maximum Gasteiger partial charge on any atom is 0.326 e. The number of amides is 1. The standard InChI is InChI=1S/C19H13N5O4/c25-15-10-14(21-19(27)22-15)16(26)20-13-8-6-12(7-9-13)18-24-23-17(28-18)11-4-2-1-3-5-11/h1-10H,(H,20,26)(H2,21,22,25,27). The number of benzene rings is 2. The average Bonchev–Trinajstić information content (AvgIpc) is 3.19. The molecule has 0 saturated heterocycles. The average molecular weight is 375 g/mol. The Morgan fingerprint density at radius 1 is 0.857 bits per heavy atom. The molecule has 0 saturated carbocycles. The Hall–Kier alpha value is -4.27. The lowest BCUT2D eigenvalue weighted by atomic mass is 10.2. The van der Waals surface area contributed by atoms with E-state index in [4.69, 9.17) is 4.42 Å². The van der Waals surface area contributed by atoms with E-state index in [0.717, 1.165) is 11.6 Å². The maximum absolute atomic E-state index is 12.2. The van der Waals surface area contributed by atoms with E-state index in [2.05, 4.69) is 20.5 Å². The van der Waals surface area contributed by atoms with Crippen molar-refractivity contribution < 1.29 is 9.21 Å². The summed E-state index contributed by atoms with van der Waals surface area (Å²) in [5.41, 5.74) is 0.419. The van der Waals surface area contributed by atoms with Gasteiger partial charge in [-0.05, 0) is 36.4 Å². The van der Waals surface area contributed by atoms with Gasteiger partial charge in [-0.3, -0.25) is 14.6 Å². The molecular weight excluding hydrogens is 362 g/mol. The second kappa shape index (κ2) is 7.16. The fourth-order valence-corrected chi connectivity index (χ4v) is 2.52. The summed E-state index contributed by atoms with van der Waals surface area (Å²) in [6.07, 6.45) is 0. The highest BCUT2D eigenvalue weighted by atomic mass is 16.4. The van der Waals surface area contributed by atoms with E-state index in [9.17, 15) is 14.4 Å². The molecule has 9 heteroatoms. The van der Waals surface area contributed by atoms with Crippen LogP contribution < -0.4 is 16.6 Å². The van der Waals surface area contributed by atoms with E-state index in [1.807, 2.05) is 35.3 Å². The summed E-state index contributed by atoms with van der Waals surface area (Å²) in [6, 6.07) is 17.1. The maximum atomic E-state index is 12.2. The summed E-state index contributed by atoms with van der Waals surface area (Å²) in [6.45, 7) is 0. The van der Waals surface area contributed by atoms with Gasteiger partial charge in [0.15, 0.2) is 0 Å². The lowest BCUT2D eigenvalue weighted by molar-refractivity contribution is 0.102. The summed E-state index contributed by atoms with van der Waals surface area (Å²) in [7, 11) is 0. The van der Waals surface area contributed by atoms with Gasteiger partial charge in [0.2, 0.25) is 11.8 Å². The van der Waals surface area contributed by atoms with E-state index in [-0.39, 0.29) is 5.69 Å². The molecular formula is C19H13N5O4. The van der Waals surface area contributed by atoms with Crippen molar-refractivity contribution in [2.24, 2.45) is 0 Å². The first kappa shape index (κ1) is 17.2. The van der Waals surface area contributed by atoms with Crippen molar-refractivity contribution in [2.45, 2.75) is 0 Å². The van der Waals surface area contributed by atoms with Crippen molar-refractivity contribution in [2.75, 3.05) is 5.32 Å². The molecule has 0 spiro atoms. The van der Waals surface area contributed by atoms with Gasteiger partial charge in [0, 0.05) is 22.9 Å². The number of anilines is 1. The van der Waals surface area contributed by atoms with Crippen LogP contribution >= 0.6 is 0 Å². The van der Waals surface area contributed by atoms with Gasteiger partial charge in [0.25, 0.3) is 11.5 Å². The molecule has 0 aliphatic carbocycles. The predicted molar refractivity (Wildman–Crippen MR) is 101 cm³/mol. The van der Waals surface area contributed by atoms with Crippen LogP contribution in [0.3, 0.4) is 0 Å². The van der Waals surface area contributed by atoms with Gasteiger partial charge in [-0.2, -0.15) is 0 Å². The summed E-state index contributed by atoms with van der Waals surface area (Å²) in [4.78, 5) is 39.0. The topological polar surface area (TPSA) is 134 Å². The predicted octanol–water partition coefficient (Wildman–Crippen LogP) is 2.03. The molecule has 138 valence electrons. The molecule has 3 N–H and O–H groups in total. The van der Waals surface area contributed by atoms with E-state index in [1.54, 1.807) is 24.3 Å². The highest BCUT2D eigenvalue weighted by molar-refractivity contribution is 6.02. The number of nitrogens with one attached hydrogen (secondary N) is 3. The number of rotatable bonds is 4. The van der Waals surface area contributed by atoms with E-state index in [0.29, 0.717) is 23.0 Å². The monoisotopic (exact) mass is 375 g/mol. The molecule has 28 heavy (non-hydrogen) atoms. The Morgan fingerprint density at radius 3 is 2.14 bits per heavy atom. The highest BCUT2D eigenvalue weighted by Gasteiger charge is 2.12. The van der Waals surface area contributed by atoms with Gasteiger partial charge >= 0.3 is 5.69 Å². The Kier molecular flexibility index (Phi) is 4.38. The molecule has 2 heterocycles. The Balaban J connectivity index is 1.51.